The van der Waals surface area contributed by atoms with Crippen molar-refractivity contribution in [3.63, 3.8) is 0 Å². The molecule has 0 aliphatic carbocycles. The molecule has 3 rings (SSSR count). The van der Waals surface area contributed by atoms with Gasteiger partial charge in [-0.1, -0.05) is 6.07 Å². The molecule has 1 saturated heterocycles. The van der Waals surface area contributed by atoms with Gasteiger partial charge in [0.1, 0.15) is 11.5 Å². The van der Waals surface area contributed by atoms with E-state index in [0.717, 1.165) is 17.0 Å². The second kappa shape index (κ2) is 7.78. The molecule has 0 unspecified atom stereocenters. The summed E-state index contributed by atoms with van der Waals surface area (Å²) >= 11 is 0. The van der Waals surface area contributed by atoms with Crippen LogP contribution in [0.25, 0.3) is 0 Å². The molecule has 27 heavy (non-hydrogen) atoms. The number of benzene rings is 2. The van der Waals surface area contributed by atoms with Gasteiger partial charge in [0.05, 0.1) is 24.8 Å². The van der Waals surface area contributed by atoms with Gasteiger partial charge in [0.15, 0.2) is 0 Å². The van der Waals surface area contributed by atoms with Crippen LogP contribution in [0.4, 0.5) is 5.69 Å². The third-order valence-corrected chi connectivity index (χ3v) is 6.97. The molecule has 0 aromatic heterocycles. The number of ether oxygens (including phenoxy) is 2. The highest BCUT2D eigenvalue weighted by Gasteiger charge is 2.30. The van der Waals surface area contributed by atoms with E-state index >= 15 is 0 Å². The summed E-state index contributed by atoms with van der Waals surface area (Å²) in [7, 11) is -0.302. The normalized spacial score (nSPS) is 15.6. The van der Waals surface area contributed by atoms with E-state index in [4.69, 9.17) is 9.47 Å². The maximum atomic E-state index is 13.1. The predicted octanol–water partition coefficient (Wildman–Crippen LogP) is 2.83. The van der Waals surface area contributed by atoms with Crippen molar-refractivity contribution in [3.8, 4) is 11.5 Å². The zero-order valence-electron chi connectivity index (χ0n) is 16.2. The van der Waals surface area contributed by atoms with Crippen LogP contribution >= 0.6 is 0 Å². The van der Waals surface area contributed by atoms with Crippen LogP contribution < -0.4 is 14.4 Å². The number of anilines is 1. The minimum absolute atomic E-state index is 0.338. The van der Waals surface area contributed by atoms with E-state index in [9.17, 15) is 8.42 Å². The van der Waals surface area contributed by atoms with Crippen molar-refractivity contribution in [2.24, 2.45) is 0 Å². The fraction of sp³-hybridized carbons (Fsp3) is 0.400. The summed E-state index contributed by atoms with van der Waals surface area (Å²) in [6.45, 7) is 5.94. The molecule has 1 aliphatic rings. The molecule has 146 valence electrons. The third kappa shape index (κ3) is 3.89. The molecule has 2 aromatic rings. The highest BCUT2D eigenvalue weighted by atomic mass is 32.2. The minimum atomic E-state index is -3.53. The van der Waals surface area contributed by atoms with Crippen LogP contribution in [0.2, 0.25) is 0 Å². The lowest BCUT2D eigenvalue weighted by Gasteiger charge is -2.36. The van der Waals surface area contributed by atoms with Crippen molar-refractivity contribution in [2.75, 3.05) is 45.3 Å². The summed E-state index contributed by atoms with van der Waals surface area (Å²) in [6.07, 6.45) is 0. The molecular weight excluding hydrogens is 364 g/mol. The van der Waals surface area contributed by atoms with E-state index in [0.29, 0.717) is 42.4 Å². The van der Waals surface area contributed by atoms with E-state index in [1.165, 1.54) is 0 Å². The molecule has 1 aliphatic heterocycles. The van der Waals surface area contributed by atoms with E-state index < -0.39 is 10.0 Å². The zero-order chi connectivity index (χ0) is 19.6. The molecule has 1 heterocycles. The molecule has 6 nitrogen and oxygen atoms in total. The summed E-state index contributed by atoms with van der Waals surface area (Å²) in [5.41, 5.74) is 2.85. The maximum Gasteiger partial charge on any atom is 0.243 e. The fourth-order valence-corrected chi connectivity index (χ4v) is 5.02. The molecule has 1 fully saturated rings. The molecule has 0 N–H and O–H groups in total. The van der Waals surface area contributed by atoms with Gasteiger partial charge in [-0.3, -0.25) is 0 Å². The van der Waals surface area contributed by atoms with Crippen LogP contribution in [0.5, 0.6) is 11.5 Å². The number of rotatable bonds is 5. The summed E-state index contributed by atoms with van der Waals surface area (Å²) in [5.74, 6) is 1.46. The monoisotopic (exact) mass is 390 g/mol. The zero-order valence-corrected chi connectivity index (χ0v) is 17.0. The van der Waals surface area contributed by atoms with Gasteiger partial charge in [0.25, 0.3) is 0 Å². The third-order valence-electron chi connectivity index (χ3n) is 4.91. The van der Waals surface area contributed by atoms with Crippen molar-refractivity contribution in [1.29, 1.82) is 0 Å². The highest BCUT2D eigenvalue weighted by Crippen LogP contribution is 2.31. The van der Waals surface area contributed by atoms with Crippen molar-refractivity contribution >= 4 is 15.7 Å². The molecule has 7 heteroatoms. The number of hydrogen-bond acceptors (Lipinski definition) is 5. The van der Waals surface area contributed by atoms with E-state index in [1.54, 1.807) is 43.6 Å². The van der Waals surface area contributed by atoms with Crippen molar-refractivity contribution in [2.45, 2.75) is 18.7 Å². The van der Waals surface area contributed by atoms with Crippen LogP contribution in [0, 0.1) is 13.8 Å². The van der Waals surface area contributed by atoms with E-state index in [2.05, 4.69) is 11.0 Å². The van der Waals surface area contributed by atoms with Gasteiger partial charge in [0.2, 0.25) is 10.0 Å². The van der Waals surface area contributed by atoms with Crippen molar-refractivity contribution in [3.05, 3.63) is 47.5 Å². The number of sulfonamides is 1. The lowest BCUT2D eigenvalue weighted by atomic mass is 10.1. The Kier molecular flexibility index (Phi) is 5.62. The second-order valence-electron chi connectivity index (χ2n) is 6.70. The molecular formula is C20H26N2O4S. The van der Waals surface area contributed by atoms with Gasteiger partial charge in [-0.05, 0) is 55.3 Å². The first-order valence-electron chi connectivity index (χ1n) is 8.91. The first kappa shape index (κ1) is 19.5. The van der Waals surface area contributed by atoms with Crippen molar-refractivity contribution < 1.29 is 17.9 Å². The molecule has 2 aromatic carbocycles. The number of methoxy groups -OCH3 is 2. The molecule has 0 radical (unpaired) electrons. The first-order valence-corrected chi connectivity index (χ1v) is 10.3. The first-order chi connectivity index (χ1) is 12.9. The summed E-state index contributed by atoms with van der Waals surface area (Å²) in [4.78, 5) is 2.52. The Labute approximate surface area is 161 Å². The second-order valence-corrected chi connectivity index (χ2v) is 8.60. The minimum Gasteiger partial charge on any atom is -0.497 e. The number of hydrogen-bond donors (Lipinski definition) is 0. The molecule has 0 bridgehead atoms. The van der Waals surface area contributed by atoms with Gasteiger partial charge in [-0.25, -0.2) is 8.42 Å². The van der Waals surface area contributed by atoms with Gasteiger partial charge < -0.3 is 14.4 Å². The van der Waals surface area contributed by atoms with Gasteiger partial charge >= 0.3 is 0 Å². The van der Waals surface area contributed by atoms with Crippen molar-refractivity contribution in [1.82, 2.24) is 4.31 Å². The Morgan fingerprint density at radius 3 is 2.19 bits per heavy atom. The highest BCUT2D eigenvalue weighted by molar-refractivity contribution is 7.89. The van der Waals surface area contributed by atoms with E-state index in [-0.39, 0.29) is 0 Å². The Bertz CT molecular complexity index is 920. The number of piperazine rings is 1. The Morgan fingerprint density at radius 1 is 0.889 bits per heavy atom. The van der Waals surface area contributed by atoms with E-state index in [1.807, 2.05) is 19.1 Å². The smallest absolute Gasteiger partial charge is 0.243 e. The molecule has 0 saturated carbocycles. The average molecular weight is 391 g/mol. The lowest BCUT2D eigenvalue weighted by molar-refractivity contribution is 0.378. The standard InChI is InChI=1S/C20H26N2O4S/c1-15-5-7-19(26-4)18(13-15)21-9-11-22(12-10-21)27(23,24)20-8-6-17(25-3)14-16(20)2/h5-8,13-14H,9-12H2,1-4H3. The van der Waals surface area contributed by atoms with Gasteiger partial charge in [-0.2, -0.15) is 4.31 Å². The molecule has 0 amide bonds. The predicted molar refractivity (Wildman–Crippen MR) is 106 cm³/mol. The number of nitrogens with zero attached hydrogens (tertiary/aromatic N) is 2. The number of aryl methyl sites for hydroxylation is 2. The largest absolute Gasteiger partial charge is 0.497 e. The summed E-state index contributed by atoms with van der Waals surface area (Å²) < 4.78 is 38.3. The Morgan fingerprint density at radius 2 is 1.59 bits per heavy atom. The quantitative estimate of drug-likeness (QED) is 0.786. The fourth-order valence-electron chi connectivity index (χ4n) is 3.39. The van der Waals surface area contributed by atoms with Crippen LogP contribution in [-0.4, -0.2) is 53.1 Å². The Balaban J connectivity index is 1.78. The summed E-state index contributed by atoms with van der Waals surface area (Å²) in [5, 5.41) is 0. The van der Waals surface area contributed by atoms with Gasteiger partial charge in [-0.15, -0.1) is 0 Å². The molecule has 0 atom stereocenters. The molecule has 0 spiro atoms. The van der Waals surface area contributed by atoms with Crippen LogP contribution in [0.3, 0.4) is 0 Å². The average Bonchev–Trinajstić information content (AvgIpc) is 2.67. The van der Waals surface area contributed by atoms with Crippen LogP contribution in [-0.2, 0) is 10.0 Å². The lowest BCUT2D eigenvalue weighted by Crippen LogP contribution is -2.48. The topological polar surface area (TPSA) is 59.1 Å². The SMILES string of the molecule is COc1ccc(S(=O)(=O)N2CCN(c3cc(C)ccc3OC)CC2)c(C)c1. The van der Waals surface area contributed by atoms with Crippen LogP contribution in [0.15, 0.2) is 41.3 Å². The van der Waals surface area contributed by atoms with Gasteiger partial charge in [0, 0.05) is 26.2 Å². The Hall–Kier alpha value is -2.25. The van der Waals surface area contributed by atoms with Crippen LogP contribution in [0.1, 0.15) is 11.1 Å². The maximum absolute atomic E-state index is 13.1. The summed E-state index contributed by atoms with van der Waals surface area (Å²) in [6, 6.07) is 11.1.